The fraction of sp³-hybridized carbons (Fsp3) is 0.636. The molecule has 30 heavy (non-hydrogen) atoms. The van der Waals surface area contributed by atoms with Gasteiger partial charge < -0.3 is 16.0 Å². The smallest absolute Gasteiger partial charge is 0.242 e. The van der Waals surface area contributed by atoms with Crippen LogP contribution in [0.1, 0.15) is 33.3 Å². The number of carbonyl (C=O) groups is 1. The van der Waals surface area contributed by atoms with Crippen molar-refractivity contribution in [3.05, 3.63) is 35.9 Å². The molecule has 1 heterocycles. The van der Waals surface area contributed by atoms with E-state index in [-0.39, 0.29) is 42.0 Å². The van der Waals surface area contributed by atoms with Gasteiger partial charge in [0.15, 0.2) is 5.96 Å². The van der Waals surface area contributed by atoms with Crippen molar-refractivity contribution in [2.24, 2.45) is 4.99 Å². The van der Waals surface area contributed by atoms with Crippen molar-refractivity contribution in [3.63, 3.8) is 0 Å². The molecule has 0 aliphatic carbocycles. The van der Waals surface area contributed by atoms with Crippen molar-refractivity contribution in [2.45, 2.75) is 39.8 Å². The van der Waals surface area contributed by atoms with Crippen LogP contribution in [0.15, 0.2) is 35.3 Å². The summed E-state index contributed by atoms with van der Waals surface area (Å²) in [5.41, 5.74) is 1.14. The molecule has 0 atom stereocenters. The fourth-order valence-electron chi connectivity index (χ4n) is 3.30. The van der Waals surface area contributed by atoms with Crippen LogP contribution in [-0.2, 0) is 11.3 Å². The summed E-state index contributed by atoms with van der Waals surface area (Å²) in [7, 11) is 0. The summed E-state index contributed by atoms with van der Waals surface area (Å²) >= 11 is 0. The normalized spacial score (nSPS) is 15.9. The van der Waals surface area contributed by atoms with E-state index in [1.165, 1.54) is 5.56 Å². The molecule has 0 saturated carbocycles. The van der Waals surface area contributed by atoms with E-state index in [1.54, 1.807) is 0 Å². The molecule has 8 heteroatoms. The van der Waals surface area contributed by atoms with Gasteiger partial charge in [0.05, 0.1) is 0 Å². The van der Waals surface area contributed by atoms with Crippen LogP contribution >= 0.6 is 24.0 Å². The third-order valence-electron chi connectivity index (χ3n) is 4.67. The maximum atomic E-state index is 12.0. The van der Waals surface area contributed by atoms with Gasteiger partial charge in [0, 0.05) is 57.9 Å². The predicted octanol–water partition coefficient (Wildman–Crippen LogP) is 1.89. The van der Waals surface area contributed by atoms with E-state index in [4.69, 9.17) is 0 Å². The molecule has 1 saturated heterocycles. The Kier molecular flexibility index (Phi) is 12.3. The number of rotatable bonds is 8. The van der Waals surface area contributed by atoms with Gasteiger partial charge in [-0.05, 0) is 33.3 Å². The summed E-state index contributed by atoms with van der Waals surface area (Å²) in [6.45, 7) is 16.0. The number of hydrogen-bond donors (Lipinski definition) is 3. The largest absolute Gasteiger partial charge is 0.357 e. The van der Waals surface area contributed by atoms with Crippen molar-refractivity contribution >= 4 is 35.8 Å². The van der Waals surface area contributed by atoms with Gasteiger partial charge in [-0.2, -0.15) is 0 Å². The van der Waals surface area contributed by atoms with Gasteiger partial charge >= 0.3 is 0 Å². The molecule has 0 radical (unpaired) electrons. The van der Waals surface area contributed by atoms with E-state index in [1.807, 2.05) is 27.7 Å². The van der Waals surface area contributed by atoms with Crippen LogP contribution in [0.25, 0.3) is 0 Å². The number of nitrogens with one attached hydrogen (secondary N) is 3. The molecule has 1 aliphatic rings. The Labute approximate surface area is 199 Å². The highest BCUT2D eigenvalue weighted by Crippen LogP contribution is 2.08. The predicted molar refractivity (Wildman–Crippen MR) is 135 cm³/mol. The topological polar surface area (TPSA) is 72.0 Å². The second-order valence-corrected chi connectivity index (χ2v) is 8.52. The lowest BCUT2D eigenvalue weighted by Crippen LogP contribution is -2.49. The van der Waals surface area contributed by atoms with Gasteiger partial charge in [-0.1, -0.05) is 30.3 Å². The van der Waals surface area contributed by atoms with E-state index >= 15 is 0 Å². The Morgan fingerprint density at radius 2 is 1.67 bits per heavy atom. The average Bonchev–Trinajstić information content (AvgIpc) is 2.67. The second kappa shape index (κ2) is 13.8. The standard InChI is InChI=1S/C22H38N6O.HI/c1-5-23-21(25-17-20(29)26-22(2,3)4)24-11-12-27-13-15-28(16-14-27)18-19-9-7-6-8-10-19;/h6-10H,5,11-18H2,1-4H3,(H,26,29)(H2,23,24,25);1H. The minimum atomic E-state index is -0.235. The number of piperazine rings is 1. The van der Waals surface area contributed by atoms with E-state index < -0.39 is 0 Å². The first-order valence-electron chi connectivity index (χ1n) is 10.7. The zero-order valence-electron chi connectivity index (χ0n) is 18.9. The Bertz CT molecular complexity index is 639. The van der Waals surface area contributed by atoms with Crippen LogP contribution in [-0.4, -0.2) is 79.6 Å². The second-order valence-electron chi connectivity index (χ2n) is 8.52. The van der Waals surface area contributed by atoms with Crippen molar-refractivity contribution in [1.82, 2.24) is 25.8 Å². The molecular formula is C22H39IN6O. The van der Waals surface area contributed by atoms with Gasteiger partial charge in [0.2, 0.25) is 5.91 Å². The van der Waals surface area contributed by atoms with Crippen molar-refractivity contribution in [1.29, 1.82) is 0 Å². The molecular weight excluding hydrogens is 491 g/mol. The third-order valence-corrected chi connectivity index (χ3v) is 4.67. The number of amides is 1. The summed E-state index contributed by atoms with van der Waals surface area (Å²) in [5, 5.41) is 9.48. The molecule has 1 fully saturated rings. The Balaban J connectivity index is 0.00000450. The van der Waals surface area contributed by atoms with Crippen molar-refractivity contribution in [3.8, 4) is 0 Å². The number of nitrogens with zero attached hydrogens (tertiary/aromatic N) is 3. The average molecular weight is 530 g/mol. The molecule has 1 amide bonds. The maximum absolute atomic E-state index is 12.0. The molecule has 170 valence electrons. The SMILES string of the molecule is CCNC(=NCC(=O)NC(C)(C)C)NCCN1CCN(Cc2ccccc2)CC1.I. The lowest BCUT2D eigenvalue weighted by Gasteiger charge is -2.34. The highest BCUT2D eigenvalue weighted by atomic mass is 127. The first kappa shape index (κ1) is 26.6. The van der Waals surface area contributed by atoms with Crippen LogP contribution in [0.2, 0.25) is 0 Å². The number of hydrogen-bond acceptors (Lipinski definition) is 4. The molecule has 0 spiro atoms. The Hall–Kier alpha value is -1.39. The zero-order chi connectivity index (χ0) is 21.1. The molecule has 1 aromatic rings. The molecule has 0 bridgehead atoms. The molecule has 0 aromatic heterocycles. The summed E-state index contributed by atoms with van der Waals surface area (Å²) in [6, 6.07) is 10.7. The van der Waals surface area contributed by atoms with Gasteiger partial charge in [-0.25, -0.2) is 4.99 Å². The monoisotopic (exact) mass is 530 g/mol. The van der Waals surface area contributed by atoms with Crippen LogP contribution in [0, 0.1) is 0 Å². The van der Waals surface area contributed by atoms with Gasteiger partial charge in [-0.3, -0.25) is 14.6 Å². The van der Waals surface area contributed by atoms with Gasteiger partial charge in [0.1, 0.15) is 6.54 Å². The summed E-state index contributed by atoms with van der Waals surface area (Å²) < 4.78 is 0. The minimum Gasteiger partial charge on any atom is -0.357 e. The molecule has 1 aliphatic heterocycles. The highest BCUT2D eigenvalue weighted by Gasteiger charge is 2.17. The van der Waals surface area contributed by atoms with E-state index in [2.05, 4.69) is 61.1 Å². The highest BCUT2D eigenvalue weighted by molar-refractivity contribution is 14.0. The van der Waals surface area contributed by atoms with Gasteiger partial charge in [0.25, 0.3) is 0 Å². The minimum absolute atomic E-state index is 0. The van der Waals surface area contributed by atoms with E-state index in [0.717, 1.165) is 52.4 Å². The number of halogens is 1. The number of aliphatic imine (C=N–C) groups is 1. The first-order chi connectivity index (χ1) is 13.9. The zero-order valence-corrected chi connectivity index (χ0v) is 21.2. The summed E-state index contributed by atoms with van der Waals surface area (Å²) in [4.78, 5) is 21.3. The molecule has 3 N–H and O–H groups in total. The lowest BCUT2D eigenvalue weighted by atomic mass is 10.1. The van der Waals surface area contributed by atoms with E-state index in [9.17, 15) is 4.79 Å². The summed E-state index contributed by atoms with van der Waals surface area (Å²) in [6.07, 6.45) is 0. The molecule has 0 unspecified atom stereocenters. The number of carbonyl (C=O) groups excluding carboxylic acids is 1. The lowest BCUT2D eigenvalue weighted by molar-refractivity contribution is -0.121. The molecule has 1 aromatic carbocycles. The molecule has 2 rings (SSSR count). The summed E-state index contributed by atoms with van der Waals surface area (Å²) in [5.74, 6) is 0.628. The molecule has 7 nitrogen and oxygen atoms in total. The first-order valence-corrected chi connectivity index (χ1v) is 10.7. The quantitative estimate of drug-likeness (QED) is 0.272. The maximum Gasteiger partial charge on any atom is 0.242 e. The van der Waals surface area contributed by atoms with Crippen molar-refractivity contribution < 1.29 is 4.79 Å². The van der Waals surface area contributed by atoms with E-state index in [0.29, 0.717) is 5.96 Å². The Morgan fingerprint density at radius 1 is 1.03 bits per heavy atom. The Morgan fingerprint density at radius 3 is 2.27 bits per heavy atom. The van der Waals surface area contributed by atoms with Crippen LogP contribution < -0.4 is 16.0 Å². The van der Waals surface area contributed by atoms with Crippen LogP contribution in [0.3, 0.4) is 0 Å². The van der Waals surface area contributed by atoms with Crippen LogP contribution in [0.5, 0.6) is 0 Å². The number of benzene rings is 1. The fourth-order valence-corrected chi connectivity index (χ4v) is 3.30. The van der Waals surface area contributed by atoms with Crippen LogP contribution in [0.4, 0.5) is 0 Å². The van der Waals surface area contributed by atoms with Gasteiger partial charge in [-0.15, -0.1) is 24.0 Å². The third kappa shape index (κ3) is 11.1. The number of guanidine groups is 1. The van der Waals surface area contributed by atoms with Crippen molar-refractivity contribution in [2.75, 3.05) is 52.4 Å².